The second-order valence-corrected chi connectivity index (χ2v) is 9.23. The molecule has 186 valence electrons. The first-order valence-electron chi connectivity index (χ1n) is 12.4. The quantitative estimate of drug-likeness (QED) is 0.457. The van der Waals surface area contributed by atoms with Crippen LogP contribution in [-0.4, -0.2) is 57.4 Å². The number of rotatable bonds is 10. The number of nitrogens with zero attached hydrogens (tertiary/aromatic N) is 1. The highest BCUT2D eigenvalue weighted by Gasteiger charge is 2.18. The van der Waals surface area contributed by atoms with E-state index >= 15 is 0 Å². The Morgan fingerprint density at radius 2 is 1.83 bits per heavy atom. The van der Waals surface area contributed by atoms with Gasteiger partial charge in [-0.15, -0.1) is 0 Å². The highest BCUT2D eigenvalue weighted by molar-refractivity contribution is 5.88. The van der Waals surface area contributed by atoms with E-state index in [2.05, 4.69) is 23.3 Å². The minimum Gasteiger partial charge on any atom is -0.497 e. The summed E-state index contributed by atoms with van der Waals surface area (Å²) in [5, 5.41) is 5.26. The minimum absolute atomic E-state index is 0.00210. The Kier molecular flexibility index (Phi) is 8.61. The third kappa shape index (κ3) is 6.74. The minimum atomic E-state index is -0.248. The molecule has 6 nitrogen and oxygen atoms in total. The number of methoxy groups -OCH3 is 1. The fraction of sp³-hybridized carbons (Fsp3) is 0.414. The number of carbonyl (C=O) groups is 1. The molecule has 1 heterocycles. The van der Waals surface area contributed by atoms with Crippen LogP contribution in [0.25, 0.3) is 10.8 Å². The van der Waals surface area contributed by atoms with Crippen LogP contribution in [0, 0.1) is 0 Å². The second kappa shape index (κ2) is 12.0. The molecule has 35 heavy (non-hydrogen) atoms. The summed E-state index contributed by atoms with van der Waals surface area (Å²) in [6.45, 7) is 5.61. The number of amides is 1. The zero-order valence-corrected chi connectivity index (χ0v) is 21.0. The predicted molar refractivity (Wildman–Crippen MR) is 139 cm³/mol. The largest absolute Gasteiger partial charge is 0.497 e. The van der Waals surface area contributed by atoms with Gasteiger partial charge in [0.25, 0.3) is 0 Å². The van der Waals surface area contributed by atoms with Gasteiger partial charge in [0.1, 0.15) is 18.1 Å². The van der Waals surface area contributed by atoms with Gasteiger partial charge in [0.15, 0.2) is 0 Å². The van der Waals surface area contributed by atoms with Crippen molar-refractivity contribution in [1.82, 2.24) is 10.2 Å². The molecular weight excluding hydrogens is 440 g/mol. The molecule has 6 heteroatoms. The van der Waals surface area contributed by atoms with E-state index in [1.165, 1.54) is 0 Å². The van der Waals surface area contributed by atoms with Crippen LogP contribution in [0.3, 0.4) is 0 Å². The van der Waals surface area contributed by atoms with Crippen LogP contribution in [0.5, 0.6) is 11.5 Å². The maximum Gasteiger partial charge on any atom is 0.227 e. The van der Waals surface area contributed by atoms with E-state index in [4.69, 9.17) is 14.2 Å². The molecular formula is C29H36N2O4. The van der Waals surface area contributed by atoms with Crippen molar-refractivity contribution in [3.63, 3.8) is 0 Å². The van der Waals surface area contributed by atoms with Gasteiger partial charge in [-0.2, -0.15) is 0 Å². The summed E-state index contributed by atoms with van der Waals surface area (Å²) in [7, 11) is 3.82. The average Bonchev–Trinajstić information content (AvgIpc) is 2.91. The summed E-state index contributed by atoms with van der Waals surface area (Å²) in [6, 6.07) is 20.6. The smallest absolute Gasteiger partial charge is 0.227 e. The topological polar surface area (TPSA) is 60.0 Å². The van der Waals surface area contributed by atoms with Crippen molar-refractivity contribution in [3.8, 4) is 11.5 Å². The Hall–Kier alpha value is -3.09. The highest BCUT2D eigenvalue weighted by atomic mass is 16.5. The second-order valence-electron chi connectivity index (χ2n) is 9.23. The van der Waals surface area contributed by atoms with Gasteiger partial charge < -0.3 is 19.5 Å². The highest BCUT2D eigenvalue weighted by Crippen LogP contribution is 2.25. The van der Waals surface area contributed by atoms with Crippen LogP contribution in [0.4, 0.5) is 0 Å². The summed E-state index contributed by atoms with van der Waals surface area (Å²) in [6.07, 6.45) is 2.16. The predicted octanol–water partition coefficient (Wildman–Crippen LogP) is 4.76. The van der Waals surface area contributed by atoms with E-state index in [1.54, 1.807) is 7.11 Å². The molecule has 3 aromatic carbocycles. The Balaban J connectivity index is 1.27. The summed E-state index contributed by atoms with van der Waals surface area (Å²) >= 11 is 0. The molecule has 0 saturated carbocycles. The Bertz CT molecular complexity index is 1130. The first-order valence-corrected chi connectivity index (χ1v) is 12.4. The SMILES string of the molecule is COc1ccc2cc([C@H](C)C(=O)NCc3cccc(OCCN(C)C4CCOCC4)c3)ccc2c1. The molecule has 1 aliphatic heterocycles. The van der Waals surface area contributed by atoms with Crippen molar-refractivity contribution in [1.29, 1.82) is 0 Å². The van der Waals surface area contributed by atoms with Gasteiger partial charge in [0.2, 0.25) is 5.91 Å². The molecule has 1 amide bonds. The number of ether oxygens (including phenoxy) is 3. The van der Waals surface area contributed by atoms with E-state index in [1.807, 2.05) is 61.5 Å². The fourth-order valence-corrected chi connectivity index (χ4v) is 4.49. The Morgan fingerprint density at radius 1 is 1.06 bits per heavy atom. The molecule has 1 fully saturated rings. The zero-order valence-electron chi connectivity index (χ0n) is 21.0. The number of fused-ring (bicyclic) bond motifs is 1. The maximum atomic E-state index is 12.9. The lowest BCUT2D eigenvalue weighted by Crippen LogP contribution is -2.38. The van der Waals surface area contributed by atoms with Crippen molar-refractivity contribution in [2.75, 3.05) is 40.5 Å². The molecule has 0 radical (unpaired) electrons. The molecule has 0 aliphatic carbocycles. The van der Waals surface area contributed by atoms with E-state index in [0.717, 1.165) is 66.0 Å². The van der Waals surface area contributed by atoms with Crippen LogP contribution >= 0.6 is 0 Å². The third-order valence-corrected chi connectivity index (χ3v) is 6.86. The van der Waals surface area contributed by atoms with E-state index < -0.39 is 0 Å². The number of hydrogen-bond acceptors (Lipinski definition) is 5. The van der Waals surface area contributed by atoms with Gasteiger partial charge in [0, 0.05) is 32.3 Å². The number of nitrogens with one attached hydrogen (secondary N) is 1. The van der Waals surface area contributed by atoms with E-state index in [0.29, 0.717) is 19.2 Å². The number of hydrogen-bond donors (Lipinski definition) is 1. The van der Waals surface area contributed by atoms with Gasteiger partial charge in [-0.25, -0.2) is 0 Å². The Labute approximate surface area is 208 Å². The molecule has 4 rings (SSSR count). The van der Waals surface area contributed by atoms with Gasteiger partial charge in [-0.05, 0) is 73.0 Å². The van der Waals surface area contributed by atoms with Crippen molar-refractivity contribution >= 4 is 16.7 Å². The van der Waals surface area contributed by atoms with Crippen molar-refractivity contribution in [2.24, 2.45) is 0 Å². The lowest BCUT2D eigenvalue weighted by Gasteiger charge is -2.31. The molecule has 1 atom stereocenters. The van der Waals surface area contributed by atoms with Gasteiger partial charge >= 0.3 is 0 Å². The van der Waals surface area contributed by atoms with Gasteiger partial charge in [-0.3, -0.25) is 9.69 Å². The lowest BCUT2D eigenvalue weighted by molar-refractivity contribution is -0.122. The van der Waals surface area contributed by atoms with Gasteiger partial charge in [-0.1, -0.05) is 36.4 Å². The average molecular weight is 477 g/mol. The normalized spacial score (nSPS) is 15.2. The van der Waals surface area contributed by atoms with Crippen molar-refractivity contribution < 1.29 is 19.0 Å². The van der Waals surface area contributed by atoms with Crippen molar-refractivity contribution in [3.05, 3.63) is 71.8 Å². The first kappa shape index (κ1) is 25.0. The van der Waals surface area contributed by atoms with Crippen LogP contribution in [-0.2, 0) is 16.1 Å². The molecule has 0 aromatic heterocycles. The summed E-state index contributed by atoms with van der Waals surface area (Å²) < 4.78 is 16.7. The lowest BCUT2D eigenvalue weighted by atomic mass is 9.97. The van der Waals surface area contributed by atoms with E-state index in [-0.39, 0.29) is 11.8 Å². The van der Waals surface area contributed by atoms with Gasteiger partial charge in [0.05, 0.1) is 13.0 Å². The van der Waals surface area contributed by atoms with Crippen LogP contribution in [0.2, 0.25) is 0 Å². The van der Waals surface area contributed by atoms with Crippen LogP contribution < -0.4 is 14.8 Å². The standard InChI is InChI=1S/C29H36N2O4/c1-21(23-7-8-25-19-27(33-3)10-9-24(25)18-23)29(32)30-20-22-5-4-6-28(17-22)35-16-13-31(2)26-11-14-34-15-12-26/h4-10,17-19,21,26H,11-16,20H2,1-3H3,(H,30,32)/t21-/m0/s1. The first-order chi connectivity index (χ1) is 17.0. The van der Waals surface area contributed by atoms with Crippen molar-refractivity contribution in [2.45, 2.75) is 38.3 Å². The number of benzene rings is 3. The zero-order chi connectivity index (χ0) is 24.6. The molecule has 3 aromatic rings. The fourth-order valence-electron chi connectivity index (χ4n) is 4.49. The third-order valence-electron chi connectivity index (χ3n) is 6.86. The monoisotopic (exact) mass is 476 g/mol. The molecule has 0 unspecified atom stereocenters. The molecule has 1 aliphatic rings. The molecule has 1 saturated heterocycles. The molecule has 0 bridgehead atoms. The summed E-state index contributed by atoms with van der Waals surface area (Å²) in [5.41, 5.74) is 2.01. The summed E-state index contributed by atoms with van der Waals surface area (Å²) in [4.78, 5) is 15.2. The Morgan fingerprint density at radius 3 is 2.63 bits per heavy atom. The maximum absolute atomic E-state index is 12.9. The van der Waals surface area contributed by atoms with Crippen LogP contribution in [0.15, 0.2) is 60.7 Å². The van der Waals surface area contributed by atoms with E-state index in [9.17, 15) is 4.79 Å². The van der Waals surface area contributed by atoms with Crippen LogP contribution in [0.1, 0.15) is 36.8 Å². The molecule has 0 spiro atoms. The number of carbonyl (C=O) groups excluding carboxylic acids is 1. The summed E-state index contributed by atoms with van der Waals surface area (Å²) in [5.74, 6) is 1.41. The molecule has 1 N–H and O–H groups in total. The number of likely N-dealkylation sites (N-methyl/N-ethyl adjacent to an activating group) is 1.